The van der Waals surface area contributed by atoms with E-state index >= 15 is 0 Å². The van der Waals surface area contributed by atoms with Gasteiger partial charge in [-0.15, -0.1) is 0 Å². The van der Waals surface area contributed by atoms with E-state index in [9.17, 15) is 22.8 Å². The van der Waals surface area contributed by atoms with Crippen LogP contribution in [0.3, 0.4) is 0 Å². The number of anilines is 1. The van der Waals surface area contributed by atoms with Crippen LogP contribution in [0.15, 0.2) is 83.8 Å². The number of sulfonamides is 1. The second-order valence-electron chi connectivity index (χ2n) is 7.40. The summed E-state index contributed by atoms with van der Waals surface area (Å²) in [7, 11) is -4.14. The predicted molar refractivity (Wildman–Crippen MR) is 130 cm³/mol. The average molecular weight is 516 g/mol. The van der Waals surface area contributed by atoms with Crippen molar-refractivity contribution in [3.63, 3.8) is 0 Å². The zero-order chi connectivity index (χ0) is 25.6. The van der Waals surface area contributed by atoms with Crippen molar-refractivity contribution in [2.24, 2.45) is 5.73 Å². The van der Waals surface area contributed by atoms with Gasteiger partial charge in [0.25, 0.3) is 15.9 Å². The van der Waals surface area contributed by atoms with E-state index in [0.29, 0.717) is 10.7 Å². The van der Waals surface area contributed by atoms with Crippen molar-refractivity contribution in [3.05, 3.63) is 95.0 Å². The van der Waals surface area contributed by atoms with Gasteiger partial charge in [-0.1, -0.05) is 48.0 Å². The Bertz CT molecular complexity index is 1330. The molecular formula is C24H22ClN3O6S. The maximum Gasteiger partial charge on any atom is 0.338 e. The summed E-state index contributed by atoms with van der Waals surface area (Å²) in [6.45, 7) is 1.28. The molecule has 9 nitrogen and oxygen atoms in total. The molecule has 0 aromatic heterocycles. The fraction of sp³-hybridized carbons (Fsp3) is 0.125. The molecule has 3 rings (SSSR count). The quantitative estimate of drug-likeness (QED) is 0.441. The SMILES string of the molecule is CC(OC(=O)c1cccc(S(=O)(=O)N(Cc2ccccc2)c2ccc(Cl)cc2)c1)C(=O)NC(N)=O. The van der Waals surface area contributed by atoms with Crippen molar-refractivity contribution in [1.82, 2.24) is 5.32 Å². The molecule has 0 bridgehead atoms. The molecule has 11 heteroatoms. The summed E-state index contributed by atoms with van der Waals surface area (Å²) in [6.07, 6.45) is -1.33. The number of nitrogens with two attached hydrogens (primary N) is 1. The number of urea groups is 1. The van der Waals surface area contributed by atoms with Gasteiger partial charge >= 0.3 is 12.0 Å². The van der Waals surface area contributed by atoms with Crippen LogP contribution in [0.25, 0.3) is 0 Å². The zero-order valence-corrected chi connectivity index (χ0v) is 20.1. The van der Waals surface area contributed by atoms with E-state index < -0.39 is 34.0 Å². The van der Waals surface area contributed by atoms with E-state index in [0.717, 1.165) is 11.6 Å². The number of esters is 1. The van der Waals surface area contributed by atoms with Crippen molar-refractivity contribution in [2.75, 3.05) is 4.31 Å². The highest BCUT2D eigenvalue weighted by Gasteiger charge is 2.27. The van der Waals surface area contributed by atoms with Gasteiger partial charge in [-0.2, -0.15) is 0 Å². The van der Waals surface area contributed by atoms with Crippen LogP contribution < -0.4 is 15.4 Å². The molecule has 0 saturated heterocycles. The maximum absolute atomic E-state index is 13.7. The highest BCUT2D eigenvalue weighted by atomic mass is 35.5. The number of nitrogens with zero attached hydrogens (tertiary/aromatic N) is 1. The number of rotatable bonds is 8. The van der Waals surface area contributed by atoms with Crippen LogP contribution in [0.1, 0.15) is 22.8 Å². The van der Waals surface area contributed by atoms with E-state index in [1.54, 1.807) is 53.8 Å². The minimum absolute atomic E-state index is 0.0316. The Balaban J connectivity index is 1.93. The summed E-state index contributed by atoms with van der Waals surface area (Å²) in [4.78, 5) is 35.0. The summed E-state index contributed by atoms with van der Waals surface area (Å²) < 4.78 is 33.6. The molecule has 0 spiro atoms. The van der Waals surface area contributed by atoms with Gasteiger partial charge in [-0.05, 0) is 55.0 Å². The molecular weight excluding hydrogens is 494 g/mol. The first-order valence-electron chi connectivity index (χ1n) is 10.3. The number of hydrogen-bond acceptors (Lipinski definition) is 6. The average Bonchev–Trinajstić information content (AvgIpc) is 2.83. The minimum atomic E-state index is -4.14. The van der Waals surface area contributed by atoms with Crippen LogP contribution in [0.4, 0.5) is 10.5 Å². The number of amides is 3. The molecule has 0 aliphatic heterocycles. The number of carbonyl (C=O) groups is 3. The van der Waals surface area contributed by atoms with Gasteiger partial charge in [0.1, 0.15) is 0 Å². The lowest BCUT2D eigenvalue weighted by atomic mass is 10.2. The number of nitrogens with one attached hydrogen (secondary N) is 1. The Labute approximate surface area is 207 Å². The Kier molecular flexibility index (Phi) is 8.10. The third-order valence-electron chi connectivity index (χ3n) is 4.84. The first-order chi connectivity index (χ1) is 16.6. The third-order valence-corrected chi connectivity index (χ3v) is 6.86. The molecule has 3 amide bonds. The van der Waals surface area contributed by atoms with Crippen molar-refractivity contribution >= 4 is 45.2 Å². The van der Waals surface area contributed by atoms with E-state index in [1.807, 2.05) is 6.07 Å². The Hall–Kier alpha value is -3.89. The van der Waals surface area contributed by atoms with Gasteiger partial charge < -0.3 is 10.5 Å². The second kappa shape index (κ2) is 11.0. The molecule has 182 valence electrons. The molecule has 0 saturated carbocycles. The normalized spacial score (nSPS) is 11.8. The Morgan fingerprint density at radius 2 is 1.66 bits per heavy atom. The van der Waals surface area contributed by atoms with E-state index in [2.05, 4.69) is 0 Å². The summed E-state index contributed by atoms with van der Waals surface area (Å²) in [5.74, 6) is -1.86. The number of hydrogen-bond donors (Lipinski definition) is 2. The molecule has 3 aromatic carbocycles. The molecule has 3 aromatic rings. The van der Waals surface area contributed by atoms with Crippen molar-refractivity contribution in [2.45, 2.75) is 24.5 Å². The maximum atomic E-state index is 13.7. The number of primary amides is 1. The smallest absolute Gasteiger partial charge is 0.338 e. The lowest BCUT2D eigenvalue weighted by molar-refractivity contribution is -0.127. The van der Waals surface area contributed by atoms with Crippen LogP contribution in [0.5, 0.6) is 0 Å². The van der Waals surface area contributed by atoms with Crippen LogP contribution in [0.2, 0.25) is 5.02 Å². The molecule has 0 heterocycles. The third kappa shape index (κ3) is 6.58. The number of carbonyl (C=O) groups excluding carboxylic acids is 3. The van der Waals surface area contributed by atoms with Crippen LogP contribution >= 0.6 is 11.6 Å². The van der Waals surface area contributed by atoms with Crippen LogP contribution in [0, 0.1) is 0 Å². The Morgan fingerprint density at radius 3 is 2.29 bits per heavy atom. The topological polar surface area (TPSA) is 136 Å². The number of halogens is 1. The molecule has 3 N–H and O–H groups in total. The lowest BCUT2D eigenvalue weighted by Gasteiger charge is -2.25. The van der Waals surface area contributed by atoms with Crippen LogP contribution in [-0.2, 0) is 26.1 Å². The molecule has 1 unspecified atom stereocenters. The highest BCUT2D eigenvalue weighted by molar-refractivity contribution is 7.92. The monoisotopic (exact) mass is 515 g/mol. The number of ether oxygens (including phenoxy) is 1. The van der Waals surface area contributed by atoms with Gasteiger partial charge in [0.2, 0.25) is 0 Å². The van der Waals surface area contributed by atoms with Gasteiger partial charge in [-0.25, -0.2) is 18.0 Å². The fourth-order valence-corrected chi connectivity index (χ4v) is 4.71. The van der Waals surface area contributed by atoms with E-state index in [4.69, 9.17) is 22.1 Å². The summed E-state index contributed by atoms with van der Waals surface area (Å²) in [5, 5.41) is 2.26. The minimum Gasteiger partial charge on any atom is -0.449 e. The van der Waals surface area contributed by atoms with Gasteiger partial charge in [0.15, 0.2) is 6.10 Å². The van der Waals surface area contributed by atoms with Crippen molar-refractivity contribution < 1.29 is 27.5 Å². The highest BCUT2D eigenvalue weighted by Crippen LogP contribution is 2.28. The molecule has 0 radical (unpaired) electrons. The fourth-order valence-electron chi connectivity index (χ4n) is 3.09. The zero-order valence-electron chi connectivity index (χ0n) is 18.6. The largest absolute Gasteiger partial charge is 0.449 e. The van der Waals surface area contributed by atoms with Gasteiger partial charge in [0, 0.05) is 5.02 Å². The number of benzene rings is 3. The molecule has 0 aliphatic rings. The molecule has 35 heavy (non-hydrogen) atoms. The standard InChI is InChI=1S/C24H22ClN3O6S/c1-16(22(29)27-24(26)31)34-23(30)18-8-5-9-21(14-18)35(32,33)28(15-17-6-3-2-4-7-17)20-12-10-19(25)11-13-20/h2-14,16H,15H2,1H3,(H3,26,27,29,31). The van der Waals surface area contributed by atoms with Gasteiger partial charge in [-0.3, -0.25) is 14.4 Å². The van der Waals surface area contributed by atoms with Crippen molar-refractivity contribution in [1.29, 1.82) is 0 Å². The number of imide groups is 1. The Morgan fingerprint density at radius 1 is 1.00 bits per heavy atom. The summed E-state index contributed by atoms with van der Waals surface area (Å²) in [5.41, 5.74) is 5.92. The predicted octanol–water partition coefficient (Wildman–Crippen LogP) is 3.48. The lowest BCUT2D eigenvalue weighted by Crippen LogP contribution is -2.42. The van der Waals surface area contributed by atoms with E-state index in [-0.39, 0.29) is 17.0 Å². The van der Waals surface area contributed by atoms with E-state index in [1.165, 1.54) is 29.4 Å². The van der Waals surface area contributed by atoms with Crippen molar-refractivity contribution in [3.8, 4) is 0 Å². The first-order valence-corrected chi connectivity index (χ1v) is 12.1. The molecule has 0 fully saturated rings. The molecule has 0 aliphatic carbocycles. The van der Waals surface area contributed by atoms with Crippen LogP contribution in [-0.4, -0.2) is 32.4 Å². The molecule has 1 atom stereocenters. The first kappa shape index (κ1) is 25.7. The summed E-state index contributed by atoms with van der Waals surface area (Å²) in [6, 6.07) is 19.5. The van der Waals surface area contributed by atoms with Gasteiger partial charge in [0.05, 0.1) is 22.7 Å². The summed E-state index contributed by atoms with van der Waals surface area (Å²) >= 11 is 5.98. The second-order valence-corrected chi connectivity index (χ2v) is 9.70.